The summed E-state index contributed by atoms with van der Waals surface area (Å²) in [7, 11) is 0. The van der Waals surface area contributed by atoms with Crippen molar-refractivity contribution in [3.8, 4) is 11.4 Å². The molecule has 0 bridgehead atoms. The van der Waals surface area contributed by atoms with E-state index in [1.165, 1.54) is 0 Å². The van der Waals surface area contributed by atoms with Crippen LogP contribution in [-0.2, 0) is 11.2 Å². The average molecular weight is 467 g/mol. The molecule has 5 rings (SSSR count). The zero-order valence-corrected chi connectivity index (χ0v) is 18.9. The number of nitrogens with zero attached hydrogens (tertiary/aromatic N) is 4. The minimum absolute atomic E-state index is 0.0268. The van der Waals surface area contributed by atoms with Gasteiger partial charge in [0.15, 0.2) is 0 Å². The second kappa shape index (κ2) is 9.66. The maximum atomic E-state index is 13.4. The number of ketones is 1. The molecule has 34 heavy (non-hydrogen) atoms. The van der Waals surface area contributed by atoms with Crippen molar-refractivity contribution in [1.29, 1.82) is 0 Å². The summed E-state index contributed by atoms with van der Waals surface area (Å²) in [5, 5.41) is 7.67. The van der Waals surface area contributed by atoms with Crippen LogP contribution >= 0.6 is 0 Å². The van der Waals surface area contributed by atoms with Gasteiger partial charge < -0.3 is 10.6 Å². The van der Waals surface area contributed by atoms with Gasteiger partial charge in [-0.3, -0.25) is 14.8 Å². The monoisotopic (exact) mass is 466 g/mol. The SMILES string of the molecule is O=C(Cc1cc2nc(-c3cncc(NC4CCNCC4)n3)ccc2cn1)C1CCC(F)(F)CC1. The molecule has 0 unspecified atom stereocenters. The minimum Gasteiger partial charge on any atom is -0.366 e. The Morgan fingerprint density at radius 1 is 1.03 bits per heavy atom. The summed E-state index contributed by atoms with van der Waals surface area (Å²) in [6.07, 6.45) is 7.37. The number of nitrogens with one attached hydrogen (secondary N) is 2. The number of rotatable bonds is 6. The summed E-state index contributed by atoms with van der Waals surface area (Å²) in [5.74, 6) is -2.25. The number of carbonyl (C=O) groups excluding carboxylic acids is 1. The van der Waals surface area contributed by atoms with Gasteiger partial charge in [0.1, 0.15) is 17.3 Å². The molecule has 3 aromatic heterocycles. The van der Waals surface area contributed by atoms with E-state index in [4.69, 9.17) is 9.97 Å². The quantitative estimate of drug-likeness (QED) is 0.563. The molecule has 9 heteroatoms. The first kappa shape index (κ1) is 22.7. The minimum atomic E-state index is -2.64. The van der Waals surface area contributed by atoms with E-state index in [1.54, 1.807) is 24.7 Å². The van der Waals surface area contributed by atoms with Crippen molar-refractivity contribution < 1.29 is 13.6 Å². The van der Waals surface area contributed by atoms with Crippen LogP contribution in [0, 0.1) is 5.92 Å². The van der Waals surface area contributed by atoms with Gasteiger partial charge in [-0.25, -0.2) is 18.7 Å². The summed E-state index contributed by atoms with van der Waals surface area (Å²) in [5.41, 5.74) is 2.67. The number of anilines is 1. The summed E-state index contributed by atoms with van der Waals surface area (Å²) in [6.45, 7) is 1.98. The van der Waals surface area contributed by atoms with E-state index >= 15 is 0 Å². The molecule has 2 aliphatic rings. The van der Waals surface area contributed by atoms with Crippen molar-refractivity contribution in [2.45, 2.75) is 56.9 Å². The van der Waals surface area contributed by atoms with Crippen LogP contribution in [-0.4, -0.2) is 50.8 Å². The largest absolute Gasteiger partial charge is 0.366 e. The number of Topliss-reactive ketones (excluding diaryl/α,β-unsaturated/α-hetero) is 1. The Bertz CT molecular complexity index is 1170. The maximum Gasteiger partial charge on any atom is 0.248 e. The van der Waals surface area contributed by atoms with Crippen LogP contribution in [0.4, 0.5) is 14.6 Å². The highest BCUT2D eigenvalue weighted by molar-refractivity contribution is 5.85. The summed E-state index contributed by atoms with van der Waals surface area (Å²) in [4.78, 5) is 30.8. The lowest BCUT2D eigenvalue weighted by Crippen LogP contribution is -2.35. The topological polar surface area (TPSA) is 92.7 Å². The predicted octanol–water partition coefficient (Wildman–Crippen LogP) is 4.19. The lowest BCUT2D eigenvalue weighted by Gasteiger charge is -2.27. The van der Waals surface area contributed by atoms with E-state index in [0.29, 0.717) is 28.6 Å². The highest BCUT2D eigenvalue weighted by Crippen LogP contribution is 2.36. The van der Waals surface area contributed by atoms with E-state index in [9.17, 15) is 13.6 Å². The number of fused-ring (bicyclic) bond motifs is 1. The van der Waals surface area contributed by atoms with E-state index in [2.05, 4.69) is 20.6 Å². The number of carbonyl (C=O) groups is 1. The first-order chi connectivity index (χ1) is 16.4. The third-order valence-corrected chi connectivity index (χ3v) is 6.75. The molecule has 1 aliphatic carbocycles. The van der Waals surface area contributed by atoms with E-state index in [-0.39, 0.29) is 43.8 Å². The number of hydrogen-bond donors (Lipinski definition) is 2. The zero-order chi connectivity index (χ0) is 23.5. The highest BCUT2D eigenvalue weighted by Gasteiger charge is 2.37. The number of pyridine rings is 2. The second-order valence-corrected chi connectivity index (χ2v) is 9.30. The molecule has 2 fully saturated rings. The molecule has 2 N–H and O–H groups in total. The van der Waals surface area contributed by atoms with Gasteiger partial charge in [0, 0.05) is 48.5 Å². The molecule has 0 radical (unpaired) electrons. The fraction of sp³-hybridized carbons (Fsp3) is 0.480. The van der Waals surface area contributed by atoms with Crippen molar-refractivity contribution in [3.05, 3.63) is 42.5 Å². The van der Waals surface area contributed by atoms with Gasteiger partial charge in [0.2, 0.25) is 5.92 Å². The third kappa shape index (κ3) is 5.35. The molecule has 0 aromatic carbocycles. The summed E-state index contributed by atoms with van der Waals surface area (Å²) >= 11 is 0. The lowest BCUT2D eigenvalue weighted by molar-refractivity contribution is -0.126. The van der Waals surface area contributed by atoms with Crippen molar-refractivity contribution in [1.82, 2.24) is 25.3 Å². The molecule has 178 valence electrons. The Morgan fingerprint density at radius 2 is 1.82 bits per heavy atom. The van der Waals surface area contributed by atoms with E-state index in [1.807, 2.05) is 12.1 Å². The van der Waals surface area contributed by atoms with Crippen LogP contribution in [0.1, 0.15) is 44.2 Å². The smallest absolute Gasteiger partial charge is 0.248 e. The molecule has 0 atom stereocenters. The molecule has 0 amide bonds. The Hall–Kier alpha value is -3.07. The van der Waals surface area contributed by atoms with Gasteiger partial charge in [0.05, 0.1) is 23.6 Å². The zero-order valence-electron chi connectivity index (χ0n) is 18.9. The lowest BCUT2D eigenvalue weighted by atomic mass is 9.83. The molecule has 7 nitrogen and oxygen atoms in total. The molecule has 1 saturated heterocycles. The molecule has 1 saturated carbocycles. The standard InChI is InChI=1S/C25H28F2N6O/c26-25(27)7-3-16(4-8-25)23(34)12-19-11-21-17(13-30-19)1-2-20(32-21)22-14-29-15-24(33-22)31-18-5-9-28-10-6-18/h1-2,11,13-16,18,28H,3-10,12H2,(H,31,33). The predicted molar refractivity (Wildman–Crippen MR) is 126 cm³/mol. The first-order valence-electron chi connectivity index (χ1n) is 11.9. The second-order valence-electron chi connectivity index (χ2n) is 9.30. The first-order valence-corrected chi connectivity index (χ1v) is 11.9. The molecule has 0 spiro atoms. The fourth-order valence-electron chi connectivity index (χ4n) is 4.72. The van der Waals surface area contributed by atoms with Crippen molar-refractivity contribution in [3.63, 3.8) is 0 Å². The van der Waals surface area contributed by atoms with Crippen molar-refractivity contribution >= 4 is 22.5 Å². The Balaban J connectivity index is 1.31. The molecule has 4 heterocycles. The third-order valence-electron chi connectivity index (χ3n) is 6.75. The van der Waals surface area contributed by atoms with Gasteiger partial charge >= 0.3 is 0 Å². The molecule has 1 aliphatic heterocycles. The average Bonchev–Trinajstić information content (AvgIpc) is 2.84. The number of piperidine rings is 1. The van der Waals surface area contributed by atoms with Gasteiger partial charge in [-0.2, -0.15) is 0 Å². The van der Waals surface area contributed by atoms with E-state index in [0.717, 1.165) is 37.1 Å². The molecular weight excluding hydrogens is 438 g/mol. The van der Waals surface area contributed by atoms with Crippen LogP contribution in [0.3, 0.4) is 0 Å². The van der Waals surface area contributed by atoms with Gasteiger partial charge in [-0.1, -0.05) is 0 Å². The van der Waals surface area contributed by atoms with Crippen LogP contribution < -0.4 is 10.6 Å². The number of hydrogen-bond acceptors (Lipinski definition) is 7. The number of alkyl halides is 2. The van der Waals surface area contributed by atoms with Crippen molar-refractivity contribution in [2.24, 2.45) is 5.92 Å². The van der Waals surface area contributed by atoms with Crippen LogP contribution in [0.25, 0.3) is 22.3 Å². The van der Waals surface area contributed by atoms with Gasteiger partial charge in [0.25, 0.3) is 0 Å². The Labute approximate surface area is 196 Å². The molecule has 3 aromatic rings. The van der Waals surface area contributed by atoms with Gasteiger partial charge in [-0.05, 0) is 57.0 Å². The normalized spacial score (nSPS) is 19.2. The Morgan fingerprint density at radius 3 is 2.62 bits per heavy atom. The Kier molecular flexibility index (Phi) is 6.45. The van der Waals surface area contributed by atoms with Crippen LogP contribution in [0.15, 0.2) is 36.8 Å². The number of aromatic nitrogens is 4. The van der Waals surface area contributed by atoms with Crippen LogP contribution in [0.2, 0.25) is 0 Å². The van der Waals surface area contributed by atoms with E-state index < -0.39 is 5.92 Å². The van der Waals surface area contributed by atoms with Gasteiger partial charge in [-0.15, -0.1) is 0 Å². The van der Waals surface area contributed by atoms with Crippen molar-refractivity contribution in [2.75, 3.05) is 18.4 Å². The summed E-state index contributed by atoms with van der Waals surface area (Å²) < 4.78 is 26.8. The highest BCUT2D eigenvalue weighted by atomic mass is 19.3. The number of halogens is 2. The van der Waals surface area contributed by atoms with Crippen LogP contribution in [0.5, 0.6) is 0 Å². The fourth-order valence-corrected chi connectivity index (χ4v) is 4.72. The maximum absolute atomic E-state index is 13.4. The summed E-state index contributed by atoms with van der Waals surface area (Å²) in [6, 6.07) is 5.99. The molecular formula is C25H28F2N6O.